The van der Waals surface area contributed by atoms with Gasteiger partial charge in [0.1, 0.15) is 0 Å². The topological polar surface area (TPSA) is 12.4 Å². The minimum Gasteiger partial charge on any atom is -0.256 e. The molecule has 2 aromatic carbocycles. The van der Waals surface area contributed by atoms with Gasteiger partial charge >= 0.3 is 0 Å². The van der Waals surface area contributed by atoms with Crippen LogP contribution in [0.5, 0.6) is 0 Å². The SMILES string of the molecule is Cc1cccc(N=Cc2cccc(Cl)c2)c1. The highest BCUT2D eigenvalue weighted by Crippen LogP contribution is 2.14. The molecule has 0 aliphatic rings. The molecule has 2 aromatic rings. The Kier molecular flexibility index (Phi) is 3.37. The number of halogens is 1. The van der Waals surface area contributed by atoms with E-state index < -0.39 is 0 Å². The maximum Gasteiger partial charge on any atom is 0.0632 e. The fourth-order valence-corrected chi connectivity index (χ4v) is 1.64. The maximum atomic E-state index is 5.89. The van der Waals surface area contributed by atoms with Crippen molar-refractivity contribution in [1.82, 2.24) is 0 Å². The van der Waals surface area contributed by atoms with Crippen LogP contribution in [0.1, 0.15) is 11.1 Å². The normalized spacial score (nSPS) is 10.9. The molecule has 0 spiro atoms. The Bertz CT molecular complexity index is 470. The van der Waals surface area contributed by atoms with Crippen molar-refractivity contribution >= 4 is 23.5 Å². The Morgan fingerprint density at radius 3 is 2.62 bits per heavy atom. The van der Waals surface area contributed by atoms with E-state index in [1.54, 1.807) is 0 Å². The van der Waals surface area contributed by atoms with Gasteiger partial charge in [-0.3, -0.25) is 4.99 Å². The Hall–Kier alpha value is -1.60. The lowest BCUT2D eigenvalue weighted by Gasteiger charge is -1.96. The molecule has 0 atom stereocenters. The molecule has 0 saturated carbocycles. The van der Waals surface area contributed by atoms with Crippen molar-refractivity contribution in [1.29, 1.82) is 0 Å². The molecule has 0 heterocycles. The van der Waals surface area contributed by atoms with Crippen molar-refractivity contribution in [2.75, 3.05) is 0 Å². The molecule has 0 unspecified atom stereocenters. The molecular weight excluding hydrogens is 218 g/mol. The highest BCUT2D eigenvalue weighted by Gasteiger charge is 1.91. The largest absolute Gasteiger partial charge is 0.256 e. The third-order valence-corrected chi connectivity index (χ3v) is 2.45. The van der Waals surface area contributed by atoms with E-state index in [-0.39, 0.29) is 0 Å². The first-order valence-corrected chi connectivity index (χ1v) is 5.48. The summed E-state index contributed by atoms with van der Waals surface area (Å²) in [5.41, 5.74) is 3.18. The van der Waals surface area contributed by atoms with Crippen molar-refractivity contribution in [2.24, 2.45) is 4.99 Å². The Balaban J connectivity index is 2.21. The number of aryl methyl sites for hydroxylation is 1. The average Bonchev–Trinajstić information content (AvgIpc) is 2.27. The second-order valence-corrected chi connectivity index (χ2v) is 4.09. The minimum atomic E-state index is 0.730. The van der Waals surface area contributed by atoms with Crippen molar-refractivity contribution < 1.29 is 0 Å². The van der Waals surface area contributed by atoms with Crippen LogP contribution in [-0.2, 0) is 0 Å². The number of rotatable bonds is 2. The quantitative estimate of drug-likeness (QED) is 0.677. The van der Waals surface area contributed by atoms with Crippen molar-refractivity contribution in [2.45, 2.75) is 6.92 Å². The lowest BCUT2D eigenvalue weighted by Crippen LogP contribution is -1.79. The summed E-state index contributed by atoms with van der Waals surface area (Å²) in [5.74, 6) is 0. The molecule has 2 heteroatoms. The van der Waals surface area contributed by atoms with Gasteiger partial charge in [0.15, 0.2) is 0 Å². The van der Waals surface area contributed by atoms with Gasteiger partial charge in [0, 0.05) is 11.2 Å². The molecule has 0 fully saturated rings. The fraction of sp³-hybridized carbons (Fsp3) is 0.0714. The van der Waals surface area contributed by atoms with Gasteiger partial charge in [0.25, 0.3) is 0 Å². The second-order valence-electron chi connectivity index (χ2n) is 3.65. The van der Waals surface area contributed by atoms with E-state index in [9.17, 15) is 0 Å². The van der Waals surface area contributed by atoms with Gasteiger partial charge < -0.3 is 0 Å². The molecule has 0 amide bonds. The van der Waals surface area contributed by atoms with E-state index >= 15 is 0 Å². The third kappa shape index (κ3) is 2.94. The molecular formula is C14H12ClN. The van der Waals surface area contributed by atoms with Crippen molar-refractivity contribution in [3.63, 3.8) is 0 Å². The van der Waals surface area contributed by atoms with Crippen LogP contribution >= 0.6 is 11.6 Å². The van der Waals surface area contributed by atoms with Gasteiger partial charge in [0.2, 0.25) is 0 Å². The van der Waals surface area contributed by atoms with Crippen molar-refractivity contribution in [3.8, 4) is 0 Å². The molecule has 2 rings (SSSR count). The zero-order valence-electron chi connectivity index (χ0n) is 9.02. The molecule has 0 radical (unpaired) electrons. The van der Waals surface area contributed by atoms with E-state index in [2.05, 4.69) is 18.0 Å². The van der Waals surface area contributed by atoms with Crippen LogP contribution in [0, 0.1) is 6.92 Å². The van der Waals surface area contributed by atoms with Gasteiger partial charge in [-0.15, -0.1) is 0 Å². The number of aliphatic imine (C=N–C) groups is 1. The first-order chi connectivity index (χ1) is 7.74. The molecule has 0 aromatic heterocycles. The zero-order valence-corrected chi connectivity index (χ0v) is 9.78. The Morgan fingerprint density at radius 2 is 1.88 bits per heavy atom. The summed E-state index contributed by atoms with van der Waals surface area (Å²) < 4.78 is 0. The molecule has 80 valence electrons. The van der Waals surface area contributed by atoms with Crippen molar-refractivity contribution in [3.05, 3.63) is 64.7 Å². The van der Waals surface area contributed by atoms with Crippen LogP contribution in [-0.4, -0.2) is 6.21 Å². The zero-order chi connectivity index (χ0) is 11.4. The molecule has 0 aliphatic heterocycles. The number of hydrogen-bond acceptors (Lipinski definition) is 1. The predicted octanol–water partition coefficient (Wildman–Crippen LogP) is 4.40. The number of nitrogens with zero attached hydrogens (tertiary/aromatic N) is 1. The molecule has 0 N–H and O–H groups in total. The average molecular weight is 230 g/mol. The summed E-state index contributed by atoms with van der Waals surface area (Å²) in [7, 11) is 0. The molecule has 0 aliphatic carbocycles. The predicted molar refractivity (Wildman–Crippen MR) is 69.9 cm³/mol. The Labute approximate surface area is 100 Å². The van der Waals surface area contributed by atoms with Crippen LogP contribution in [0.4, 0.5) is 5.69 Å². The lowest BCUT2D eigenvalue weighted by molar-refractivity contribution is 1.43. The van der Waals surface area contributed by atoms with Crippen LogP contribution in [0.3, 0.4) is 0 Å². The summed E-state index contributed by atoms with van der Waals surface area (Å²) >= 11 is 5.89. The Morgan fingerprint density at radius 1 is 1.06 bits per heavy atom. The van der Waals surface area contributed by atoms with E-state index in [0.29, 0.717) is 0 Å². The monoisotopic (exact) mass is 229 g/mol. The van der Waals surface area contributed by atoms with Gasteiger partial charge in [-0.2, -0.15) is 0 Å². The maximum absolute atomic E-state index is 5.89. The number of hydrogen-bond donors (Lipinski definition) is 0. The van der Waals surface area contributed by atoms with Crippen LogP contribution < -0.4 is 0 Å². The lowest BCUT2D eigenvalue weighted by atomic mass is 10.2. The number of benzene rings is 2. The summed E-state index contributed by atoms with van der Waals surface area (Å²) in [5, 5.41) is 0.730. The van der Waals surface area contributed by atoms with E-state index in [0.717, 1.165) is 16.3 Å². The van der Waals surface area contributed by atoms with Crippen LogP contribution in [0.2, 0.25) is 5.02 Å². The van der Waals surface area contributed by atoms with Gasteiger partial charge in [-0.1, -0.05) is 35.9 Å². The van der Waals surface area contributed by atoms with E-state index in [4.69, 9.17) is 11.6 Å². The summed E-state index contributed by atoms with van der Waals surface area (Å²) in [6.07, 6.45) is 1.82. The smallest absolute Gasteiger partial charge is 0.0632 e. The third-order valence-electron chi connectivity index (χ3n) is 2.21. The molecule has 0 bridgehead atoms. The van der Waals surface area contributed by atoms with Gasteiger partial charge in [-0.05, 0) is 42.3 Å². The highest BCUT2D eigenvalue weighted by molar-refractivity contribution is 6.30. The summed E-state index contributed by atoms with van der Waals surface area (Å²) in [4.78, 5) is 4.39. The van der Waals surface area contributed by atoms with Gasteiger partial charge in [-0.25, -0.2) is 0 Å². The minimum absolute atomic E-state index is 0.730. The molecule has 16 heavy (non-hydrogen) atoms. The van der Waals surface area contributed by atoms with Gasteiger partial charge in [0.05, 0.1) is 5.69 Å². The second kappa shape index (κ2) is 4.95. The first kappa shape index (κ1) is 10.9. The highest BCUT2D eigenvalue weighted by atomic mass is 35.5. The van der Waals surface area contributed by atoms with Crippen LogP contribution in [0.25, 0.3) is 0 Å². The van der Waals surface area contributed by atoms with E-state index in [1.807, 2.05) is 48.7 Å². The fourth-order valence-electron chi connectivity index (χ4n) is 1.44. The van der Waals surface area contributed by atoms with Crippen LogP contribution in [0.15, 0.2) is 53.5 Å². The molecule has 1 nitrogen and oxygen atoms in total. The summed E-state index contributed by atoms with van der Waals surface area (Å²) in [6.45, 7) is 2.05. The standard InChI is InChI=1S/C14H12ClN/c1-11-4-2-7-14(8-11)16-10-12-5-3-6-13(15)9-12/h2-10H,1H3. The first-order valence-electron chi connectivity index (χ1n) is 5.10. The summed E-state index contributed by atoms with van der Waals surface area (Å²) in [6, 6.07) is 15.7. The van der Waals surface area contributed by atoms with E-state index in [1.165, 1.54) is 5.56 Å². The molecule has 0 saturated heterocycles.